The van der Waals surface area contributed by atoms with Crippen molar-refractivity contribution in [2.24, 2.45) is 0 Å². The minimum atomic E-state index is -0.967. The second-order valence-corrected chi connectivity index (χ2v) is 4.61. The lowest BCUT2D eigenvalue weighted by Gasteiger charge is -2.07. The molecule has 0 bridgehead atoms. The first kappa shape index (κ1) is 12.9. The molecule has 5 nitrogen and oxygen atoms in total. The second-order valence-electron chi connectivity index (χ2n) is 4.61. The Bertz CT molecular complexity index is 822. The molecule has 0 unspecified atom stereocenters. The number of aromatic nitrogens is 2. The maximum atomic E-state index is 11.1. The lowest BCUT2D eigenvalue weighted by Crippen LogP contribution is -1.99. The summed E-state index contributed by atoms with van der Waals surface area (Å²) in [6, 6.07) is 14.4. The molecule has 1 aromatic heterocycles. The molecule has 1 heterocycles. The molecule has 3 rings (SSSR count). The number of nitrogens with zero attached hydrogens (tertiary/aromatic N) is 1. The Balaban J connectivity index is 1.98. The first-order chi connectivity index (χ1) is 10.1. The van der Waals surface area contributed by atoms with Gasteiger partial charge < -0.3 is 10.4 Å². The molecule has 21 heavy (non-hydrogen) atoms. The molecule has 104 valence electrons. The molecule has 5 heteroatoms. The molecular formula is C16H13N3O2. The number of H-pyrrole nitrogens is 1. The van der Waals surface area contributed by atoms with E-state index in [1.54, 1.807) is 18.2 Å². The minimum absolute atomic E-state index is 0.220. The number of carbonyl (C=O) groups is 1. The number of anilines is 1. The fraction of sp³-hybridized carbons (Fsp3) is 0. The summed E-state index contributed by atoms with van der Waals surface area (Å²) in [5, 5.41) is 20.1. The highest BCUT2D eigenvalue weighted by Gasteiger charge is 2.12. The van der Waals surface area contributed by atoms with Crippen LogP contribution >= 0.6 is 0 Å². The number of rotatable bonds is 4. The number of hydrogen-bond donors (Lipinski definition) is 3. The van der Waals surface area contributed by atoms with E-state index in [2.05, 4.69) is 22.1 Å². The van der Waals surface area contributed by atoms with Crippen LogP contribution in [-0.2, 0) is 0 Å². The van der Waals surface area contributed by atoms with Crippen molar-refractivity contribution in [1.82, 2.24) is 10.2 Å². The Kier molecular flexibility index (Phi) is 3.16. The van der Waals surface area contributed by atoms with E-state index < -0.39 is 5.97 Å². The molecule has 0 fully saturated rings. The molecule has 0 aliphatic rings. The van der Waals surface area contributed by atoms with Crippen LogP contribution < -0.4 is 5.32 Å². The number of benzene rings is 2. The summed E-state index contributed by atoms with van der Waals surface area (Å²) in [7, 11) is 0. The summed E-state index contributed by atoms with van der Waals surface area (Å²) < 4.78 is 0. The quantitative estimate of drug-likeness (QED) is 0.684. The van der Waals surface area contributed by atoms with Crippen LogP contribution in [0.2, 0.25) is 0 Å². The van der Waals surface area contributed by atoms with E-state index in [4.69, 9.17) is 5.11 Å². The van der Waals surface area contributed by atoms with E-state index >= 15 is 0 Å². The van der Waals surface area contributed by atoms with Crippen molar-refractivity contribution in [3.05, 3.63) is 66.4 Å². The Morgan fingerprint density at radius 3 is 2.67 bits per heavy atom. The molecule has 0 amide bonds. The summed E-state index contributed by atoms with van der Waals surface area (Å²) in [6.45, 7) is 3.98. The number of hydrogen-bond acceptors (Lipinski definition) is 3. The molecule has 0 saturated carbocycles. The van der Waals surface area contributed by atoms with E-state index in [1.807, 2.05) is 30.3 Å². The first-order valence-electron chi connectivity index (χ1n) is 6.38. The van der Waals surface area contributed by atoms with Crippen LogP contribution in [0, 0.1) is 0 Å². The van der Waals surface area contributed by atoms with Crippen molar-refractivity contribution in [2.75, 3.05) is 5.32 Å². The largest absolute Gasteiger partial charge is 0.478 e. The Morgan fingerprint density at radius 2 is 1.95 bits per heavy atom. The van der Waals surface area contributed by atoms with Gasteiger partial charge in [-0.3, -0.25) is 5.10 Å². The Morgan fingerprint density at radius 1 is 1.19 bits per heavy atom. The summed E-state index contributed by atoms with van der Waals surface area (Å²) in [5.74, 6) is -0.967. The van der Waals surface area contributed by atoms with E-state index in [-0.39, 0.29) is 5.56 Å². The number of carboxylic acids is 1. The van der Waals surface area contributed by atoms with Crippen molar-refractivity contribution in [1.29, 1.82) is 0 Å². The van der Waals surface area contributed by atoms with Crippen molar-refractivity contribution >= 4 is 28.3 Å². The predicted octanol–water partition coefficient (Wildman–Crippen LogP) is 3.34. The molecule has 2 aromatic carbocycles. The first-order valence-corrected chi connectivity index (χ1v) is 6.38. The maximum absolute atomic E-state index is 11.1. The molecule has 0 aliphatic carbocycles. The van der Waals surface area contributed by atoms with Gasteiger partial charge in [0.15, 0.2) is 0 Å². The SMILES string of the molecule is C=C(Nc1ccccc1)c1n[nH]c2ccc(C(=O)O)cc12. The monoisotopic (exact) mass is 279 g/mol. The Hall–Kier alpha value is -3.08. The number of fused-ring (bicyclic) bond motifs is 1. The van der Waals surface area contributed by atoms with Gasteiger partial charge in [0, 0.05) is 11.1 Å². The van der Waals surface area contributed by atoms with Crippen LogP contribution in [0.4, 0.5) is 5.69 Å². The number of nitrogens with one attached hydrogen (secondary N) is 2. The van der Waals surface area contributed by atoms with E-state index in [0.717, 1.165) is 16.6 Å². The third-order valence-electron chi connectivity index (χ3n) is 3.16. The van der Waals surface area contributed by atoms with Gasteiger partial charge in [0.05, 0.1) is 16.8 Å². The zero-order valence-corrected chi connectivity index (χ0v) is 11.1. The molecule has 0 radical (unpaired) electrons. The second kappa shape index (κ2) is 5.13. The zero-order chi connectivity index (χ0) is 14.8. The molecule has 3 aromatic rings. The lowest BCUT2D eigenvalue weighted by atomic mass is 10.1. The molecule has 0 aliphatic heterocycles. The van der Waals surface area contributed by atoms with Crippen molar-refractivity contribution in [3.63, 3.8) is 0 Å². The highest BCUT2D eigenvalue weighted by atomic mass is 16.4. The standard InChI is InChI=1S/C16H13N3O2/c1-10(17-12-5-3-2-4-6-12)15-13-9-11(16(20)21)7-8-14(13)18-19-15/h2-9,17H,1H2,(H,18,19)(H,20,21). The average molecular weight is 279 g/mol. The van der Waals surface area contributed by atoms with Crippen molar-refractivity contribution in [3.8, 4) is 0 Å². The number of carboxylic acid groups (broad SMARTS) is 1. The van der Waals surface area contributed by atoms with E-state index in [9.17, 15) is 4.79 Å². The minimum Gasteiger partial charge on any atom is -0.478 e. The van der Waals surface area contributed by atoms with E-state index in [0.29, 0.717) is 11.4 Å². The van der Waals surface area contributed by atoms with Gasteiger partial charge in [0.2, 0.25) is 0 Å². The van der Waals surface area contributed by atoms with Crippen LogP contribution in [-0.4, -0.2) is 21.3 Å². The normalized spacial score (nSPS) is 10.5. The van der Waals surface area contributed by atoms with Crippen molar-refractivity contribution in [2.45, 2.75) is 0 Å². The van der Waals surface area contributed by atoms with Gasteiger partial charge in [0.25, 0.3) is 0 Å². The molecule has 0 spiro atoms. The van der Waals surface area contributed by atoms with Gasteiger partial charge in [-0.05, 0) is 30.3 Å². The van der Waals surface area contributed by atoms with Crippen LogP contribution in [0.5, 0.6) is 0 Å². The Labute approximate surface area is 120 Å². The van der Waals surface area contributed by atoms with Gasteiger partial charge >= 0.3 is 5.97 Å². The maximum Gasteiger partial charge on any atom is 0.335 e. The molecular weight excluding hydrogens is 266 g/mol. The zero-order valence-electron chi connectivity index (χ0n) is 11.1. The van der Waals surface area contributed by atoms with Gasteiger partial charge in [-0.25, -0.2) is 4.79 Å². The average Bonchev–Trinajstić information content (AvgIpc) is 2.91. The molecule has 3 N–H and O–H groups in total. The smallest absolute Gasteiger partial charge is 0.335 e. The van der Waals surface area contributed by atoms with Crippen LogP contribution in [0.3, 0.4) is 0 Å². The van der Waals surface area contributed by atoms with Gasteiger partial charge in [-0.15, -0.1) is 0 Å². The van der Waals surface area contributed by atoms with Gasteiger partial charge in [-0.1, -0.05) is 24.8 Å². The number of aromatic amines is 1. The summed E-state index contributed by atoms with van der Waals surface area (Å²) >= 11 is 0. The third-order valence-corrected chi connectivity index (χ3v) is 3.16. The predicted molar refractivity (Wildman–Crippen MR) is 82.2 cm³/mol. The van der Waals surface area contributed by atoms with Crippen LogP contribution in [0.25, 0.3) is 16.6 Å². The number of aromatic carboxylic acids is 1. The number of para-hydroxylation sites is 1. The third kappa shape index (κ3) is 2.49. The topological polar surface area (TPSA) is 78.0 Å². The highest BCUT2D eigenvalue weighted by molar-refractivity contribution is 5.98. The fourth-order valence-electron chi connectivity index (χ4n) is 2.13. The van der Waals surface area contributed by atoms with Gasteiger partial charge in [-0.2, -0.15) is 5.10 Å². The summed E-state index contributed by atoms with van der Waals surface area (Å²) in [5.41, 5.74) is 3.10. The van der Waals surface area contributed by atoms with Crippen LogP contribution in [0.1, 0.15) is 16.1 Å². The van der Waals surface area contributed by atoms with Crippen molar-refractivity contribution < 1.29 is 9.90 Å². The van der Waals surface area contributed by atoms with Crippen LogP contribution in [0.15, 0.2) is 55.1 Å². The lowest BCUT2D eigenvalue weighted by molar-refractivity contribution is 0.0697. The summed E-state index contributed by atoms with van der Waals surface area (Å²) in [4.78, 5) is 11.1. The molecule has 0 atom stereocenters. The summed E-state index contributed by atoms with van der Waals surface area (Å²) in [6.07, 6.45) is 0. The van der Waals surface area contributed by atoms with Gasteiger partial charge in [0.1, 0.15) is 5.69 Å². The highest BCUT2D eigenvalue weighted by Crippen LogP contribution is 2.24. The van der Waals surface area contributed by atoms with E-state index in [1.165, 1.54) is 0 Å². The fourth-order valence-corrected chi connectivity index (χ4v) is 2.13. The molecule has 0 saturated heterocycles.